The Morgan fingerprint density at radius 1 is 1.22 bits per heavy atom. The van der Waals surface area contributed by atoms with Crippen LogP contribution in [0.25, 0.3) is 0 Å². The van der Waals surface area contributed by atoms with Crippen molar-refractivity contribution in [3.63, 3.8) is 0 Å². The molecule has 0 unspecified atom stereocenters. The van der Waals surface area contributed by atoms with Gasteiger partial charge in [-0.3, -0.25) is 9.69 Å². The molecule has 0 spiro atoms. The number of thioether (sulfide) groups is 1. The van der Waals surface area contributed by atoms with Crippen LogP contribution in [0, 0.1) is 11.6 Å². The lowest BCUT2D eigenvalue weighted by molar-refractivity contribution is 0.0927. The summed E-state index contributed by atoms with van der Waals surface area (Å²) in [5.41, 5.74) is -0.408. The number of Topliss-reactive ketones (excluding diaryl/α,β-unsaturated/α-hetero) is 1. The van der Waals surface area contributed by atoms with Crippen molar-refractivity contribution in [2.45, 2.75) is 6.42 Å². The van der Waals surface area contributed by atoms with E-state index in [1.807, 2.05) is 16.7 Å². The number of benzene rings is 1. The van der Waals surface area contributed by atoms with E-state index in [4.69, 9.17) is 0 Å². The standard InChI is InChI=1S/C13H15F2NOS/c14-10-3-1-4-11(15)13(10)12(17)9-16-5-2-7-18-8-6-16/h1,3-4H,2,5-9H2. The molecule has 0 bridgehead atoms. The van der Waals surface area contributed by atoms with Crippen LogP contribution in [-0.2, 0) is 0 Å². The van der Waals surface area contributed by atoms with Gasteiger partial charge in [-0.25, -0.2) is 8.78 Å². The van der Waals surface area contributed by atoms with Crippen LogP contribution >= 0.6 is 11.8 Å². The fraction of sp³-hybridized carbons (Fsp3) is 0.462. The smallest absolute Gasteiger partial charge is 0.182 e. The molecule has 18 heavy (non-hydrogen) atoms. The third-order valence-electron chi connectivity index (χ3n) is 2.92. The molecule has 1 aliphatic rings. The third kappa shape index (κ3) is 3.29. The van der Waals surface area contributed by atoms with Gasteiger partial charge in [0, 0.05) is 12.3 Å². The first-order valence-electron chi connectivity index (χ1n) is 5.96. The molecular weight excluding hydrogens is 256 g/mol. The first-order valence-corrected chi connectivity index (χ1v) is 7.11. The van der Waals surface area contributed by atoms with Crippen molar-refractivity contribution in [3.05, 3.63) is 35.4 Å². The Hall–Kier alpha value is -0.940. The van der Waals surface area contributed by atoms with Gasteiger partial charge in [-0.05, 0) is 30.9 Å². The van der Waals surface area contributed by atoms with E-state index in [-0.39, 0.29) is 6.54 Å². The van der Waals surface area contributed by atoms with E-state index in [2.05, 4.69) is 0 Å². The number of carbonyl (C=O) groups excluding carboxylic acids is 1. The summed E-state index contributed by atoms with van der Waals surface area (Å²) in [5, 5.41) is 0. The van der Waals surface area contributed by atoms with Gasteiger partial charge >= 0.3 is 0 Å². The highest BCUT2D eigenvalue weighted by Gasteiger charge is 2.20. The zero-order valence-corrected chi connectivity index (χ0v) is 10.8. The van der Waals surface area contributed by atoms with Crippen LogP contribution in [-0.4, -0.2) is 41.8 Å². The molecule has 1 aromatic carbocycles. The number of halogens is 2. The average Bonchev–Trinajstić information content (AvgIpc) is 2.57. The normalized spacial score (nSPS) is 17.4. The summed E-state index contributed by atoms with van der Waals surface area (Å²) in [7, 11) is 0. The minimum Gasteiger partial charge on any atom is -0.295 e. The van der Waals surface area contributed by atoms with E-state index in [1.165, 1.54) is 6.07 Å². The van der Waals surface area contributed by atoms with Gasteiger partial charge < -0.3 is 0 Å². The number of hydrogen-bond acceptors (Lipinski definition) is 3. The van der Waals surface area contributed by atoms with Crippen LogP contribution in [0.1, 0.15) is 16.8 Å². The second kappa shape index (κ2) is 6.29. The number of ketones is 1. The van der Waals surface area contributed by atoms with Gasteiger partial charge in [0.05, 0.1) is 12.1 Å². The Morgan fingerprint density at radius 2 is 1.94 bits per heavy atom. The van der Waals surface area contributed by atoms with E-state index < -0.39 is 23.0 Å². The Morgan fingerprint density at radius 3 is 2.67 bits per heavy atom. The molecule has 98 valence electrons. The van der Waals surface area contributed by atoms with Crippen molar-refractivity contribution in [2.75, 3.05) is 31.1 Å². The van der Waals surface area contributed by atoms with Crippen molar-refractivity contribution >= 4 is 17.5 Å². The van der Waals surface area contributed by atoms with Gasteiger partial charge in [0.2, 0.25) is 0 Å². The second-order valence-corrected chi connectivity index (χ2v) is 5.49. The van der Waals surface area contributed by atoms with Crippen molar-refractivity contribution in [2.24, 2.45) is 0 Å². The van der Waals surface area contributed by atoms with Crippen LogP contribution < -0.4 is 0 Å². The molecule has 0 radical (unpaired) electrons. The summed E-state index contributed by atoms with van der Waals surface area (Å²) in [6, 6.07) is 3.51. The molecule has 0 N–H and O–H groups in total. The predicted molar refractivity (Wildman–Crippen MR) is 69.1 cm³/mol. The first-order chi connectivity index (χ1) is 8.68. The molecule has 0 atom stereocenters. The van der Waals surface area contributed by atoms with Crippen molar-refractivity contribution in [3.8, 4) is 0 Å². The van der Waals surface area contributed by atoms with E-state index in [0.29, 0.717) is 0 Å². The Kier molecular flexibility index (Phi) is 4.72. The van der Waals surface area contributed by atoms with E-state index in [1.54, 1.807) is 0 Å². The van der Waals surface area contributed by atoms with Crippen molar-refractivity contribution in [1.29, 1.82) is 0 Å². The molecule has 2 rings (SSSR count). The van der Waals surface area contributed by atoms with Crippen LogP contribution in [0.4, 0.5) is 8.78 Å². The van der Waals surface area contributed by atoms with Gasteiger partial charge in [-0.1, -0.05) is 6.07 Å². The van der Waals surface area contributed by atoms with Gasteiger partial charge in [-0.2, -0.15) is 11.8 Å². The molecular formula is C13H15F2NOS. The Bertz CT molecular complexity index is 411. The van der Waals surface area contributed by atoms with Crippen molar-refractivity contribution < 1.29 is 13.6 Å². The largest absolute Gasteiger partial charge is 0.295 e. The maximum Gasteiger partial charge on any atom is 0.182 e. The quantitative estimate of drug-likeness (QED) is 0.788. The summed E-state index contributed by atoms with van der Waals surface area (Å²) < 4.78 is 26.9. The average molecular weight is 271 g/mol. The zero-order chi connectivity index (χ0) is 13.0. The van der Waals surface area contributed by atoms with Gasteiger partial charge in [0.15, 0.2) is 5.78 Å². The molecule has 0 aliphatic carbocycles. The predicted octanol–water partition coefficient (Wildman–Crippen LogP) is 2.59. The molecule has 1 aliphatic heterocycles. The van der Waals surface area contributed by atoms with E-state index in [0.717, 1.165) is 43.1 Å². The fourth-order valence-electron chi connectivity index (χ4n) is 2.00. The minimum absolute atomic E-state index is 0.0956. The minimum atomic E-state index is -0.774. The monoisotopic (exact) mass is 271 g/mol. The van der Waals surface area contributed by atoms with Gasteiger partial charge in [0.25, 0.3) is 0 Å². The van der Waals surface area contributed by atoms with Crippen LogP contribution in [0.3, 0.4) is 0 Å². The maximum absolute atomic E-state index is 13.5. The molecule has 0 saturated carbocycles. The van der Waals surface area contributed by atoms with E-state index in [9.17, 15) is 13.6 Å². The highest BCUT2D eigenvalue weighted by molar-refractivity contribution is 7.99. The molecule has 5 heteroatoms. The lowest BCUT2D eigenvalue weighted by Crippen LogP contribution is -2.32. The summed E-state index contributed by atoms with van der Waals surface area (Å²) >= 11 is 1.85. The van der Waals surface area contributed by atoms with E-state index >= 15 is 0 Å². The van der Waals surface area contributed by atoms with Crippen molar-refractivity contribution in [1.82, 2.24) is 4.90 Å². The number of rotatable bonds is 3. The van der Waals surface area contributed by atoms with Gasteiger partial charge in [0.1, 0.15) is 11.6 Å². The highest BCUT2D eigenvalue weighted by atomic mass is 32.2. The SMILES string of the molecule is O=C(CN1CCCSCC1)c1c(F)cccc1F. The third-order valence-corrected chi connectivity index (χ3v) is 3.97. The zero-order valence-electron chi connectivity index (χ0n) is 9.99. The van der Waals surface area contributed by atoms with Crippen LogP contribution in [0.2, 0.25) is 0 Å². The lowest BCUT2D eigenvalue weighted by atomic mass is 10.1. The number of carbonyl (C=O) groups is 1. The Labute approximate surface area is 109 Å². The summed E-state index contributed by atoms with van der Waals surface area (Å²) in [6.07, 6.45) is 1.01. The molecule has 1 aromatic rings. The summed E-state index contributed by atoms with van der Waals surface area (Å²) in [5.74, 6) is 0.0251. The van der Waals surface area contributed by atoms with Gasteiger partial charge in [-0.15, -0.1) is 0 Å². The highest BCUT2D eigenvalue weighted by Crippen LogP contribution is 2.15. The molecule has 0 aromatic heterocycles. The maximum atomic E-state index is 13.5. The summed E-state index contributed by atoms with van der Waals surface area (Å²) in [6.45, 7) is 1.71. The molecule has 0 amide bonds. The molecule has 1 heterocycles. The fourth-order valence-corrected chi connectivity index (χ4v) is 2.93. The first kappa shape index (κ1) is 13.5. The molecule has 1 fully saturated rings. The second-order valence-electron chi connectivity index (χ2n) is 4.26. The molecule has 1 saturated heterocycles. The number of nitrogens with zero attached hydrogens (tertiary/aromatic N) is 1. The Balaban J connectivity index is 2.07. The topological polar surface area (TPSA) is 20.3 Å². The number of hydrogen-bond donors (Lipinski definition) is 0. The lowest BCUT2D eigenvalue weighted by Gasteiger charge is -2.18. The summed E-state index contributed by atoms with van der Waals surface area (Å²) in [4.78, 5) is 13.9. The van der Waals surface area contributed by atoms with Crippen LogP contribution in [0.5, 0.6) is 0 Å². The van der Waals surface area contributed by atoms with Crippen LogP contribution in [0.15, 0.2) is 18.2 Å². The molecule has 2 nitrogen and oxygen atoms in total.